The summed E-state index contributed by atoms with van der Waals surface area (Å²) in [4.78, 5) is 28.4. The number of rotatable bonds is 4. The Morgan fingerprint density at radius 3 is 2.89 bits per heavy atom. The van der Waals surface area contributed by atoms with E-state index in [9.17, 15) is 19.1 Å². The van der Waals surface area contributed by atoms with Gasteiger partial charge < -0.3 is 24.5 Å². The van der Waals surface area contributed by atoms with Crippen LogP contribution in [0.25, 0.3) is 0 Å². The van der Waals surface area contributed by atoms with Crippen molar-refractivity contribution in [1.29, 1.82) is 0 Å². The number of aliphatic hydroxyl groups is 1. The van der Waals surface area contributed by atoms with Gasteiger partial charge in [-0.2, -0.15) is 0 Å². The Morgan fingerprint density at radius 2 is 2.15 bits per heavy atom. The van der Waals surface area contributed by atoms with Crippen molar-refractivity contribution >= 4 is 17.5 Å². The smallest absolute Gasteiger partial charge is 0.260 e. The second kappa shape index (κ2) is 7.98. The molecule has 1 aromatic heterocycles. The minimum absolute atomic E-state index is 0.0481. The van der Waals surface area contributed by atoms with E-state index in [0.717, 1.165) is 0 Å². The Hall–Kier alpha value is -2.58. The molecule has 7 nitrogen and oxygen atoms in total. The summed E-state index contributed by atoms with van der Waals surface area (Å²) in [6.45, 7) is 0.304. The summed E-state index contributed by atoms with van der Waals surface area (Å²) in [5.74, 6) is -0.569. The molecule has 0 aliphatic carbocycles. The number of nitrogens with one attached hydrogen (secondary N) is 1. The third-order valence-corrected chi connectivity index (χ3v) is 4.53. The van der Waals surface area contributed by atoms with E-state index in [2.05, 4.69) is 4.98 Å². The maximum absolute atomic E-state index is 13.3. The van der Waals surface area contributed by atoms with Crippen molar-refractivity contribution in [1.82, 2.24) is 9.88 Å². The summed E-state index contributed by atoms with van der Waals surface area (Å²) < 4.78 is 24.2. The number of halogens is 2. The maximum atomic E-state index is 13.3. The van der Waals surface area contributed by atoms with E-state index in [-0.39, 0.29) is 41.6 Å². The molecule has 1 amide bonds. The van der Waals surface area contributed by atoms with Gasteiger partial charge in [0.05, 0.1) is 24.8 Å². The minimum atomic E-state index is -0.832. The average molecular weight is 397 g/mol. The van der Waals surface area contributed by atoms with Crippen molar-refractivity contribution in [3.63, 3.8) is 0 Å². The van der Waals surface area contributed by atoms with E-state index >= 15 is 0 Å². The molecule has 2 N–H and O–H groups in total. The number of piperidine rings is 1. The van der Waals surface area contributed by atoms with Crippen molar-refractivity contribution in [3.05, 3.63) is 57.2 Å². The number of benzene rings is 1. The van der Waals surface area contributed by atoms with Gasteiger partial charge in [0.1, 0.15) is 17.5 Å². The number of hydrogen-bond acceptors (Lipinski definition) is 5. The summed E-state index contributed by atoms with van der Waals surface area (Å²) in [7, 11) is 1.38. The molecule has 0 unspecified atom stereocenters. The standard InChI is InChI=1S/C18H18ClFN2O5/c1-26-15-7-11(20)2-3-14(15)27-16-9-22(5-4-13(16)23)18(25)12-6-10(19)8-21-17(12)24/h2-3,6-8,13,16,23H,4-5,9H2,1H3,(H,21,24)/t13-,16-/m1/s1. The van der Waals surface area contributed by atoms with Crippen molar-refractivity contribution in [2.45, 2.75) is 18.6 Å². The molecular formula is C18H18ClFN2O5. The number of carbonyl (C=O) groups excluding carboxylic acids is 1. The van der Waals surface area contributed by atoms with Crippen LogP contribution < -0.4 is 15.0 Å². The molecule has 0 radical (unpaired) electrons. The van der Waals surface area contributed by atoms with Crippen LogP contribution in [-0.4, -0.2) is 53.3 Å². The molecule has 9 heteroatoms. The number of aliphatic hydroxyl groups excluding tert-OH is 1. The lowest BCUT2D eigenvalue weighted by Gasteiger charge is -2.36. The zero-order chi connectivity index (χ0) is 19.6. The summed E-state index contributed by atoms with van der Waals surface area (Å²) in [6.07, 6.45) is -0.0343. The average Bonchev–Trinajstić information content (AvgIpc) is 2.66. The normalized spacial score (nSPS) is 19.6. The second-order valence-corrected chi connectivity index (χ2v) is 6.56. The number of aromatic nitrogens is 1. The van der Waals surface area contributed by atoms with Crippen LogP contribution in [0.1, 0.15) is 16.8 Å². The number of aromatic amines is 1. The monoisotopic (exact) mass is 396 g/mol. The summed E-state index contributed by atoms with van der Waals surface area (Å²) in [6, 6.07) is 5.07. The molecule has 0 bridgehead atoms. The van der Waals surface area contributed by atoms with E-state index < -0.39 is 29.5 Å². The number of pyridine rings is 1. The highest BCUT2D eigenvalue weighted by Crippen LogP contribution is 2.30. The van der Waals surface area contributed by atoms with Crippen molar-refractivity contribution < 1.29 is 23.8 Å². The molecule has 2 aromatic rings. The Kier molecular flexibility index (Phi) is 5.67. The first kappa shape index (κ1) is 19.2. The molecule has 0 saturated carbocycles. The molecule has 2 atom stereocenters. The third kappa shape index (κ3) is 4.23. The van der Waals surface area contributed by atoms with E-state index in [4.69, 9.17) is 21.1 Å². The van der Waals surface area contributed by atoms with Gasteiger partial charge in [0.25, 0.3) is 11.5 Å². The summed E-state index contributed by atoms with van der Waals surface area (Å²) in [5, 5.41) is 10.5. The Morgan fingerprint density at radius 1 is 1.37 bits per heavy atom. The molecule has 1 aromatic carbocycles. The van der Waals surface area contributed by atoms with Crippen LogP contribution in [-0.2, 0) is 0 Å². The van der Waals surface area contributed by atoms with Gasteiger partial charge in [-0.15, -0.1) is 0 Å². The molecule has 1 aliphatic rings. The molecule has 27 heavy (non-hydrogen) atoms. The van der Waals surface area contributed by atoms with Crippen LogP contribution in [0.2, 0.25) is 5.02 Å². The van der Waals surface area contributed by atoms with Crippen LogP contribution in [0.4, 0.5) is 4.39 Å². The molecule has 2 heterocycles. The first-order valence-electron chi connectivity index (χ1n) is 8.25. The van der Waals surface area contributed by atoms with Crippen LogP contribution in [0.3, 0.4) is 0 Å². The van der Waals surface area contributed by atoms with Gasteiger partial charge in [-0.3, -0.25) is 9.59 Å². The predicted octanol–water partition coefficient (Wildman–Crippen LogP) is 1.83. The fraction of sp³-hybridized carbons (Fsp3) is 0.333. The highest BCUT2D eigenvalue weighted by Gasteiger charge is 2.33. The largest absolute Gasteiger partial charge is 0.493 e. The summed E-state index contributed by atoms with van der Waals surface area (Å²) >= 11 is 5.86. The van der Waals surface area contributed by atoms with Crippen LogP contribution in [0.15, 0.2) is 35.3 Å². The Balaban J connectivity index is 1.79. The van der Waals surface area contributed by atoms with Crippen LogP contribution >= 0.6 is 11.6 Å². The first-order chi connectivity index (χ1) is 12.9. The molecule has 144 valence electrons. The van der Waals surface area contributed by atoms with Gasteiger partial charge in [0.2, 0.25) is 0 Å². The van der Waals surface area contributed by atoms with Gasteiger partial charge in [0.15, 0.2) is 11.5 Å². The van der Waals surface area contributed by atoms with Crippen molar-refractivity contribution in [2.75, 3.05) is 20.2 Å². The van der Waals surface area contributed by atoms with Crippen LogP contribution in [0.5, 0.6) is 11.5 Å². The quantitative estimate of drug-likeness (QED) is 0.822. The fourth-order valence-electron chi connectivity index (χ4n) is 2.89. The lowest BCUT2D eigenvalue weighted by molar-refractivity contribution is -0.0201. The van der Waals surface area contributed by atoms with Crippen molar-refractivity contribution in [2.24, 2.45) is 0 Å². The lowest BCUT2D eigenvalue weighted by atomic mass is 10.0. The topological polar surface area (TPSA) is 91.9 Å². The molecule has 1 saturated heterocycles. The minimum Gasteiger partial charge on any atom is -0.493 e. The zero-order valence-electron chi connectivity index (χ0n) is 14.4. The lowest BCUT2D eigenvalue weighted by Crippen LogP contribution is -2.52. The summed E-state index contributed by atoms with van der Waals surface area (Å²) in [5.41, 5.74) is -0.634. The van der Waals surface area contributed by atoms with Gasteiger partial charge in [-0.25, -0.2) is 4.39 Å². The van der Waals surface area contributed by atoms with E-state index in [1.165, 1.54) is 42.5 Å². The van der Waals surface area contributed by atoms with Crippen LogP contribution in [0, 0.1) is 5.82 Å². The fourth-order valence-corrected chi connectivity index (χ4v) is 3.06. The molecule has 1 fully saturated rings. The van der Waals surface area contributed by atoms with Crippen molar-refractivity contribution in [3.8, 4) is 11.5 Å². The zero-order valence-corrected chi connectivity index (χ0v) is 15.2. The van der Waals surface area contributed by atoms with Gasteiger partial charge in [0, 0.05) is 18.8 Å². The highest BCUT2D eigenvalue weighted by molar-refractivity contribution is 6.30. The SMILES string of the molecule is COc1cc(F)ccc1O[C@@H]1CN(C(=O)c2cc(Cl)c[nH]c2=O)CC[C@H]1O. The predicted molar refractivity (Wildman–Crippen MR) is 96.0 cm³/mol. The Labute approximate surface area is 159 Å². The number of carbonyl (C=O) groups is 1. The van der Waals surface area contributed by atoms with E-state index in [1.54, 1.807) is 0 Å². The highest BCUT2D eigenvalue weighted by atomic mass is 35.5. The molecular weight excluding hydrogens is 379 g/mol. The van der Waals surface area contributed by atoms with Gasteiger partial charge in [-0.05, 0) is 24.6 Å². The molecule has 3 rings (SSSR count). The maximum Gasteiger partial charge on any atom is 0.260 e. The van der Waals surface area contributed by atoms with E-state index in [1.807, 2.05) is 0 Å². The number of ether oxygens (including phenoxy) is 2. The first-order valence-corrected chi connectivity index (χ1v) is 8.62. The van der Waals surface area contributed by atoms with E-state index in [0.29, 0.717) is 0 Å². The number of hydrogen-bond donors (Lipinski definition) is 2. The number of amides is 1. The second-order valence-electron chi connectivity index (χ2n) is 6.12. The van der Waals surface area contributed by atoms with Gasteiger partial charge >= 0.3 is 0 Å². The number of nitrogens with zero attached hydrogens (tertiary/aromatic N) is 1. The molecule has 0 spiro atoms. The number of methoxy groups -OCH3 is 1. The number of H-pyrrole nitrogens is 1. The molecule has 1 aliphatic heterocycles. The number of likely N-dealkylation sites (tertiary alicyclic amines) is 1. The Bertz CT molecular complexity index is 904. The van der Waals surface area contributed by atoms with Gasteiger partial charge in [-0.1, -0.05) is 11.6 Å². The third-order valence-electron chi connectivity index (χ3n) is 4.31.